The van der Waals surface area contributed by atoms with E-state index in [1.165, 1.54) is 66.8 Å². The van der Waals surface area contributed by atoms with Crippen molar-refractivity contribution in [2.24, 2.45) is 5.92 Å². The van der Waals surface area contributed by atoms with Crippen molar-refractivity contribution in [3.63, 3.8) is 0 Å². The van der Waals surface area contributed by atoms with Crippen LogP contribution in [-0.4, -0.2) is 9.55 Å². The Kier molecular flexibility index (Phi) is 4.04. The van der Waals surface area contributed by atoms with Crippen molar-refractivity contribution in [1.29, 1.82) is 0 Å². The van der Waals surface area contributed by atoms with Gasteiger partial charge >= 0.3 is 0 Å². The van der Waals surface area contributed by atoms with Crippen molar-refractivity contribution >= 4 is 43.6 Å². The zero-order valence-corrected chi connectivity index (χ0v) is 21.2. The first-order valence-electron chi connectivity index (χ1n) is 12.9. The molecule has 1 atom stereocenters. The van der Waals surface area contributed by atoms with Gasteiger partial charge in [-0.1, -0.05) is 83.1 Å². The van der Waals surface area contributed by atoms with Gasteiger partial charge in [0.05, 0.1) is 16.7 Å². The van der Waals surface area contributed by atoms with Gasteiger partial charge in [0.2, 0.25) is 0 Å². The second kappa shape index (κ2) is 6.79. The van der Waals surface area contributed by atoms with E-state index in [4.69, 9.17) is 0 Å². The van der Waals surface area contributed by atoms with Crippen LogP contribution in [-0.2, 0) is 10.8 Å². The highest BCUT2D eigenvalue weighted by Crippen LogP contribution is 2.52. The summed E-state index contributed by atoms with van der Waals surface area (Å²) >= 11 is 0. The molecule has 0 saturated carbocycles. The summed E-state index contributed by atoms with van der Waals surface area (Å²) in [6.07, 6.45) is 1.19. The molecular weight excluding hydrogens is 424 g/mol. The number of nitrogens with zero attached hydrogens (tertiary/aromatic N) is 1. The lowest BCUT2D eigenvalue weighted by molar-refractivity contribution is 0.233. The number of fused-ring (bicyclic) bond motifs is 8. The molecular formula is C33H32N2. The van der Waals surface area contributed by atoms with E-state index in [-0.39, 0.29) is 10.8 Å². The Morgan fingerprint density at radius 1 is 0.714 bits per heavy atom. The molecule has 1 N–H and O–H groups in total. The lowest BCUT2D eigenvalue weighted by atomic mass is 9.58. The lowest BCUT2D eigenvalue weighted by Crippen LogP contribution is -2.41. The minimum Gasteiger partial charge on any atom is -0.354 e. The van der Waals surface area contributed by atoms with E-state index in [1.807, 2.05) is 0 Å². The second-order valence-corrected chi connectivity index (χ2v) is 11.8. The smallest absolute Gasteiger partial charge is 0.0549 e. The molecule has 0 radical (unpaired) electrons. The number of aromatic nitrogens is 2. The molecule has 174 valence electrons. The number of hydrogen-bond acceptors (Lipinski definition) is 0. The van der Waals surface area contributed by atoms with Crippen LogP contribution in [0.4, 0.5) is 0 Å². The van der Waals surface area contributed by atoms with Crippen molar-refractivity contribution in [2.45, 2.75) is 51.9 Å². The number of benzene rings is 4. The number of rotatable bonds is 1. The summed E-state index contributed by atoms with van der Waals surface area (Å²) in [4.78, 5) is 3.65. The third-order valence-corrected chi connectivity index (χ3v) is 9.01. The molecule has 4 aromatic carbocycles. The first kappa shape index (κ1) is 20.8. The van der Waals surface area contributed by atoms with Crippen LogP contribution in [0.15, 0.2) is 78.9 Å². The summed E-state index contributed by atoms with van der Waals surface area (Å²) in [6.45, 7) is 12.2. The van der Waals surface area contributed by atoms with Crippen LogP contribution in [0, 0.1) is 5.92 Å². The minimum atomic E-state index is 0.101. The van der Waals surface area contributed by atoms with Gasteiger partial charge in [-0.2, -0.15) is 0 Å². The third kappa shape index (κ3) is 2.66. The van der Waals surface area contributed by atoms with Crippen LogP contribution in [0.5, 0.6) is 0 Å². The Morgan fingerprint density at radius 2 is 1.46 bits per heavy atom. The summed E-state index contributed by atoms with van der Waals surface area (Å²) in [6, 6.07) is 29.2. The summed E-state index contributed by atoms with van der Waals surface area (Å²) < 4.78 is 2.54. The molecule has 0 bridgehead atoms. The van der Waals surface area contributed by atoms with Gasteiger partial charge in [-0.15, -0.1) is 0 Å². The molecule has 0 fully saturated rings. The Bertz CT molecular complexity index is 1790. The Hall–Kier alpha value is -3.52. The van der Waals surface area contributed by atoms with Gasteiger partial charge in [0.15, 0.2) is 0 Å². The molecule has 1 unspecified atom stereocenters. The molecule has 2 heterocycles. The molecule has 2 heteroatoms. The largest absolute Gasteiger partial charge is 0.354 e. The van der Waals surface area contributed by atoms with E-state index in [2.05, 4.69) is 123 Å². The van der Waals surface area contributed by atoms with Crippen LogP contribution >= 0.6 is 0 Å². The lowest BCUT2D eigenvalue weighted by Gasteiger charge is -2.47. The highest BCUT2D eigenvalue weighted by Gasteiger charge is 2.43. The maximum Gasteiger partial charge on any atom is 0.0549 e. The van der Waals surface area contributed by atoms with E-state index in [0.717, 1.165) is 0 Å². The van der Waals surface area contributed by atoms with E-state index in [9.17, 15) is 0 Å². The fourth-order valence-corrected chi connectivity index (χ4v) is 7.02. The molecule has 2 aromatic heterocycles. The van der Waals surface area contributed by atoms with Gasteiger partial charge in [-0.3, -0.25) is 0 Å². The van der Waals surface area contributed by atoms with E-state index < -0.39 is 0 Å². The Morgan fingerprint density at radius 3 is 2.29 bits per heavy atom. The average Bonchev–Trinajstić information content (AvgIpc) is 3.38. The monoisotopic (exact) mass is 456 g/mol. The first-order chi connectivity index (χ1) is 16.8. The number of nitrogens with one attached hydrogen (secondary N) is 1. The maximum absolute atomic E-state index is 3.65. The van der Waals surface area contributed by atoms with Gasteiger partial charge in [0, 0.05) is 32.6 Å². The quantitative estimate of drug-likeness (QED) is 0.255. The number of para-hydroxylation sites is 2. The Balaban J connectivity index is 1.68. The van der Waals surface area contributed by atoms with Gasteiger partial charge in [-0.25, -0.2) is 0 Å². The van der Waals surface area contributed by atoms with Crippen LogP contribution in [0.3, 0.4) is 0 Å². The SMILES string of the molecule is CC1CC(C)(C)c2c(-n3c4ccccc4c4c5c(ccc43)[nH]c3ccccc35)cccc2C1(C)C. The molecule has 0 aliphatic heterocycles. The van der Waals surface area contributed by atoms with Crippen molar-refractivity contribution in [2.75, 3.05) is 0 Å². The number of aromatic amines is 1. The molecule has 35 heavy (non-hydrogen) atoms. The zero-order valence-electron chi connectivity index (χ0n) is 21.2. The highest BCUT2D eigenvalue weighted by atomic mass is 15.0. The van der Waals surface area contributed by atoms with Crippen molar-refractivity contribution in [1.82, 2.24) is 9.55 Å². The van der Waals surface area contributed by atoms with Crippen molar-refractivity contribution in [3.05, 3.63) is 90.0 Å². The minimum absolute atomic E-state index is 0.101. The highest BCUT2D eigenvalue weighted by molar-refractivity contribution is 6.28. The average molecular weight is 457 g/mol. The topological polar surface area (TPSA) is 20.7 Å². The second-order valence-electron chi connectivity index (χ2n) is 11.8. The standard InChI is InChI=1S/C33H32N2/c1-20-19-32(2,3)31-23(33(20,4)5)13-10-16-28(31)35-26-15-9-7-12-22(26)30-27(35)18-17-25-29(30)21-11-6-8-14-24(21)34-25/h6-18,20,34H,19H2,1-5H3. The fourth-order valence-electron chi connectivity index (χ4n) is 7.02. The predicted molar refractivity (Wildman–Crippen MR) is 150 cm³/mol. The van der Waals surface area contributed by atoms with E-state index in [0.29, 0.717) is 5.92 Å². The van der Waals surface area contributed by atoms with E-state index >= 15 is 0 Å². The number of H-pyrrole nitrogens is 1. The summed E-state index contributed by atoms with van der Waals surface area (Å²) in [7, 11) is 0. The Labute approximate surface area is 206 Å². The normalized spacial score (nSPS) is 19.1. The molecule has 0 saturated heterocycles. The maximum atomic E-state index is 3.65. The molecule has 7 rings (SSSR count). The summed E-state index contributed by atoms with van der Waals surface area (Å²) in [5, 5.41) is 5.28. The summed E-state index contributed by atoms with van der Waals surface area (Å²) in [5.74, 6) is 0.629. The van der Waals surface area contributed by atoms with Crippen molar-refractivity contribution in [3.8, 4) is 5.69 Å². The van der Waals surface area contributed by atoms with Crippen LogP contribution < -0.4 is 0 Å². The van der Waals surface area contributed by atoms with Gasteiger partial charge in [-0.05, 0) is 64.6 Å². The van der Waals surface area contributed by atoms with E-state index in [1.54, 1.807) is 0 Å². The van der Waals surface area contributed by atoms with Crippen molar-refractivity contribution < 1.29 is 0 Å². The molecule has 0 amide bonds. The predicted octanol–water partition coefficient (Wildman–Crippen LogP) is 9.01. The molecule has 6 aromatic rings. The summed E-state index contributed by atoms with van der Waals surface area (Å²) in [5.41, 5.74) is 9.53. The van der Waals surface area contributed by atoms with Crippen LogP contribution in [0.25, 0.3) is 49.3 Å². The van der Waals surface area contributed by atoms with Gasteiger partial charge in [0.1, 0.15) is 0 Å². The zero-order chi connectivity index (χ0) is 24.1. The number of hydrogen-bond donors (Lipinski definition) is 1. The van der Waals surface area contributed by atoms with Crippen LogP contribution in [0.1, 0.15) is 52.2 Å². The van der Waals surface area contributed by atoms with Gasteiger partial charge < -0.3 is 9.55 Å². The third-order valence-electron chi connectivity index (χ3n) is 9.01. The molecule has 1 aliphatic carbocycles. The molecule has 0 spiro atoms. The molecule has 2 nitrogen and oxygen atoms in total. The fraction of sp³-hybridized carbons (Fsp3) is 0.273. The van der Waals surface area contributed by atoms with Gasteiger partial charge in [0.25, 0.3) is 0 Å². The first-order valence-corrected chi connectivity index (χ1v) is 12.9. The molecule has 1 aliphatic rings. The van der Waals surface area contributed by atoms with Crippen LogP contribution in [0.2, 0.25) is 0 Å².